The molecule has 1 saturated heterocycles. The molecule has 0 aliphatic carbocycles. The fourth-order valence-corrected chi connectivity index (χ4v) is 5.76. The number of carboxylic acid groups (broad SMARTS) is 1. The monoisotopic (exact) mass is 673 g/mol. The average molecular weight is 675 g/mol. The molecule has 0 bridgehead atoms. The van der Waals surface area contributed by atoms with Gasteiger partial charge in [-0.1, -0.05) is 20.8 Å². The van der Waals surface area contributed by atoms with Crippen molar-refractivity contribution in [2.24, 2.45) is 0 Å². The summed E-state index contributed by atoms with van der Waals surface area (Å²) in [7, 11) is 6.95. The Morgan fingerprint density at radius 2 is 1.77 bits per heavy atom. The molecule has 4 rings (SSSR count). The van der Waals surface area contributed by atoms with Gasteiger partial charge in [0.1, 0.15) is 18.2 Å². The molecule has 0 atom stereocenters. The van der Waals surface area contributed by atoms with Crippen LogP contribution >= 0.6 is 17.0 Å². The first-order chi connectivity index (χ1) is 20.2. The van der Waals surface area contributed by atoms with E-state index in [4.69, 9.17) is 20.0 Å². The molecule has 0 saturated carbocycles. The second kappa shape index (κ2) is 14.0. The van der Waals surface area contributed by atoms with Crippen LogP contribution in [0.5, 0.6) is 5.75 Å². The zero-order valence-corrected chi connectivity index (χ0v) is 28.3. The molecule has 44 heavy (non-hydrogen) atoms. The number of halogens is 1. The third kappa shape index (κ3) is 7.35. The molecule has 1 amide bonds. The van der Waals surface area contributed by atoms with E-state index < -0.39 is 5.97 Å². The molecule has 2 aliphatic heterocycles. The van der Waals surface area contributed by atoms with Gasteiger partial charge in [-0.3, -0.25) is 15.0 Å². The zero-order valence-electron chi connectivity index (χ0n) is 26.6. The normalized spacial score (nSPS) is 15.0. The SMILES string of the molecule is Br.CNC(=O)c1cc2c(cc1N(C)C)CN(CC(=O)c1cc(N3CCC(OCC(=O)O)CC3)c(OC)c(C(C)(C)C)c1)C2=N. The number of methoxy groups -OCH3 is 1. The highest BCUT2D eigenvalue weighted by Crippen LogP contribution is 2.41. The maximum Gasteiger partial charge on any atom is 0.329 e. The summed E-state index contributed by atoms with van der Waals surface area (Å²) in [6.07, 6.45) is 1.19. The summed E-state index contributed by atoms with van der Waals surface area (Å²) in [6, 6.07) is 7.43. The second-order valence-electron chi connectivity index (χ2n) is 12.3. The lowest BCUT2D eigenvalue weighted by atomic mass is 9.84. The van der Waals surface area contributed by atoms with E-state index in [-0.39, 0.29) is 59.2 Å². The number of ether oxygens (including phenoxy) is 2. The molecule has 2 aromatic carbocycles. The first-order valence-corrected chi connectivity index (χ1v) is 14.5. The first-order valence-electron chi connectivity index (χ1n) is 14.5. The van der Waals surface area contributed by atoms with Gasteiger partial charge >= 0.3 is 5.97 Å². The highest BCUT2D eigenvalue weighted by Gasteiger charge is 2.32. The smallest absolute Gasteiger partial charge is 0.329 e. The predicted octanol–water partition coefficient (Wildman–Crippen LogP) is 4.09. The summed E-state index contributed by atoms with van der Waals surface area (Å²) in [5, 5.41) is 20.5. The van der Waals surface area contributed by atoms with Crippen molar-refractivity contribution in [1.29, 1.82) is 5.41 Å². The summed E-state index contributed by atoms with van der Waals surface area (Å²) in [6.45, 7) is 7.60. The van der Waals surface area contributed by atoms with Crippen LogP contribution in [0.3, 0.4) is 0 Å². The van der Waals surface area contributed by atoms with E-state index in [9.17, 15) is 14.4 Å². The average Bonchev–Trinajstić information content (AvgIpc) is 3.27. The van der Waals surface area contributed by atoms with Gasteiger partial charge < -0.3 is 34.6 Å². The van der Waals surface area contributed by atoms with Gasteiger partial charge in [0.15, 0.2) is 5.78 Å². The molecule has 1 fully saturated rings. The predicted molar refractivity (Wildman–Crippen MR) is 177 cm³/mol. The van der Waals surface area contributed by atoms with E-state index in [2.05, 4.69) is 31.0 Å². The first kappa shape index (κ1) is 34.8. The number of hydrogen-bond donors (Lipinski definition) is 3. The van der Waals surface area contributed by atoms with Crippen LogP contribution in [-0.4, -0.2) is 94.1 Å². The Labute approximate surface area is 269 Å². The molecule has 0 aromatic heterocycles. The number of benzene rings is 2. The number of aliphatic carboxylic acids is 1. The number of piperidine rings is 1. The maximum absolute atomic E-state index is 13.9. The van der Waals surface area contributed by atoms with Crippen molar-refractivity contribution in [2.75, 3.05) is 64.3 Å². The van der Waals surface area contributed by atoms with Crippen LogP contribution in [0, 0.1) is 5.41 Å². The van der Waals surface area contributed by atoms with Crippen LogP contribution in [0.25, 0.3) is 0 Å². The quantitative estimate of drug-likeness (QED) is 0.319. The summed E-state index contributed by atoms with van der Waals surface area (Å²) in [5.41, 5.74) is 4.74. The number of carbonyl (C=O) groups excluding carboxylic acids is 2. The molecule has 2 aliphatic rings. The third-order valence-corrected chi connectivity index (χ3v) is 8.07. The van der Waals surface area contributed by atoms with Gasteiger partial charge in [0, 0.05) is 63.2 Å². The summed E-state index contributed by atoms with van der Waals surface area (Å²) in [5.74, 6) is -0.401. The number of hydrogen-bond acceptors (Lipinski definition) is 8. The Balaban J connectivity index is 0.00000529. The summed E-state index contributed by atoms with van der Waals surface area (Å²) >= 11 is 0. The summed E-state index contributed by atoms with van der Waals surface area (Å²) in [4.78, 5) is 43.1. The molecule has 2 aromatic rings. The molecule has 0 unspecified atom stereocenters. The number of fused-ring (bicyclic) bond motifs is 1. The second-order valence-corrected chi connectivity index (χ2v) is 12.3. The van der Waals surface area contributed by atoms with E-state index in [1.165, 1.54) is 0 Å². The third-order valence-electron chi connectivity index (χ3n) is 8.07. The molecular weight excluding hydrogens is 630 g/mol. The molecule has 0 spiro atoms. The number of carboxylic acids is 1. The standard InChI is InChI=1S/C32H43N5O6.BrH/c1-32(2,3)24-12-19(13-26(29(24)42-7)36-10-8-21(9-11-36)43-18-28(39)40)27(38)17-37-16-20-14-25(35(5)6)23(31(41)34-4)15-22(20)30(37)33;/h12-15,21,33H,8-11,16-18H2,1-7H3,(H,34,41)(H,39,40);1H. The number of rotatable bonds is 10. The Bertz CT molecular complexity index is 1430. The van der Waals surface area contributed by atoms with Crippen molar-refractivity contribution in [2.45, 2.75) is 51.7 Å². The molecule has 240 valence electrons. The Hall–Kier alpha value is -3.64. The minimum atomic E-state index is -0.982. The van der Waals surface area contributed by atoms with Crippen LogP contribution in [0.1, 0.15) is 71.0 Å². The van der Waals surface area contributed by atoms with Crippen LogP contribution in [0.4, 0.5) is 11.4 Å². The topological polar surface area (TPSA) is 136 Å². The minimum Gasteiger partial charge on any atom is -0.494 e. The van der Waals surface area contributed by atoms with E-state index in [0.717, 1.165) is 22.5 Å². The molecular formula is C32H44BrN5O6. The van der Waals surface area contributed by atoms with Crippen LogP contribution in [-0.2, 0) is 21.5 Å². The van der Waals surface area contributed by atoms with Crippen molar-refractivity contribution in [1.82, 2.24) is 10.2 Å². The Morgan fingerprint density at radius 1 is 1.11 bits per heavy atom. The molecule has 11 nitrogen and oxygen atoms in total. The summed E-state index contributed by atoms with van der Waals surface area (Å²) < 4.78 is 11.4. The number of amides is 1. The minimum absolute atomic E-state index is 0. The Kier molecular flexibility index (Phi) is 11.1. The van der Waals surface area contributed by atoms with Crippen molar-refractivity contribution in [3.63, 3.8) is 0 Å². The number of Topliss-reactive ketones (excluding diaryl/α,β-unsaturated/α-hetero) is 1. The lowest BCUT2D eigenvalue weighted by Gasteiger charge is -2.36. The number of nitrogens with zero attached hydrogens (tertiary/aromatic N) is 3. The van der Waals surface area contributed by atoms with Gasteiger partial charge in [-0.05, 0) is 48.1 Å². The largest absolute Gasteiger partial charge is 0.494 e. The van der Waals surface area contributed by atoms with Crippen LogP contribution in [0.15, 0.2) is 24.3 Å². The van der Waals surface area contributed by atoms with Gasteiger partial charge in [0.05, 0.1) is 31.0 Å². The number of carbonyl (C=O) groups is 3. The van der Waals surface area contributed by atoms with Crippen LogP contribution < -0.4 is 19.9 Å². The zero-order chi connectivity index (χ0) is 31.6. The van der Waals surface area contributed by atoms with E-state index in [0.29, 0.717) is 54.9 Å². The lowest BCUT2D eigenvalue weighted by molar-refractivity contribution is -0.144. The van der Waals surface area contributed by atoms with Gasteiger partial charge in [0.25, 0.3) is 5.91 Å². The van der Waals surface area contributed by atoms with E-state index in [1.54, 1.807) is 25.1 Å². The van der Waals surface area contributed by atoms with E-state index in [1.807, 2.05) is 37.2 Å². The number of nitrogens with one attached hydrogen (secondary N) is 2. The lowest BCUT2D eigenvalue weighted by Crippen LogP contribution is -2.38. The van der Waals surface area contributed by atoms with Crippen molar-refractivity contribution < 1.29 is 29.0 Å². The van der Waals surface area contributed by atoms with Crippen LogP contribution in [0.2, 0.25) is 0 Å². The Morgan fingerprint density at radius 3 is 2.32 bits per heavy atom. The molecule has 0 radical (unpaired) electrons. The highest BCUT2D eigenvalue weighted by atomic mass is 79.9. The molecule has 12 heteroatoms. The van der Waals surface area contributed by atoms with Gasteiger partial charge in [-0.15, -0.1) is 17.0 Å². The van der Waals surface area contributed by atoms with E-state index >= 15 is 0 Å². The van der Waals surface area contributed by atoms with Gasteiger partial charge in [-0.25, -0.2) is 4.79 Å². The number of anilines is 2. The number of ketones is 1. The van der Waals surface area contributed by atoms with Crippen molar-refractivity contribution in [3.05, 3.63) is 52.1 Å². The van der Waals surface area contributed by atoms with Crippen molar-refractivity contribution in [3.8, 4) is 5.75 Å². The maximum atomic E-state index is 13.9. The highest BCUT2D eigenvalue weighted by molar-refractivity contribution is 8.93. The number of amidine groups is 1. The molecule has 2 heterocycles. The molecule has 3 N–H and O–H groups in total. The van der Waals surface area contributed by atoms with Gasteiger partial charge in [0.2, 0.25) is 0 Å². The van der Waals surface area contributed by atoms with Crippen molar-refractivity contribution >= 4 is 51.9 Å². The fourth-order valence-electron chi connectivity index (χ4n) is 5.76. The van der Waals surface area contributed by atoms with Gasteiger partial charge in [-0.2, -0.15) is 0 Å². The fraction of sp³-hybridized carbons (Fsp3) is 0.500.